The van der Waals surface area contributed by atoms with Crippen molar-refractivity contribution in [3.05, 3.63) is 11.9 Å². The maximum Gasteiger partial charge on any atom is 0.225 e. The van der Waals surface area contributed by atoms with Gasteiger partial charge in [-0.1, -0.05) is 0 Å². The molecule has 0 saturated heterocycles. The third kappa shape index (κ3) is 2.47. The number of hydrogen-bond donors (Lipinski definition) is 1. The molecule has 2 heterocycles. The lowest BCUT2D eigenvalue weighted by Crippen LogP contribution is -2.39. The molecule has 0 unspecified atom stereocenters. The molecule has 0 spiro atoms. The monoisotopic (exact) mass is 257 g/mol. The SMILES string of the molecule is CN1CCc2c1ncnc2N(C)NS(C)(=O)=O. The molecule has 7 nitrogen and oxygen atoms in total. The minimum Gasteiger partial charge on any atom is -0.359 e. The van der Waals surface area contributed by atoms with Gasteiger partial charge >= 0.3 is 0 Å². The Kier molecular flexibility index (Phi) is 2.92. The molecule has 1 aliphatic rings. The smallest absolute Gasteiger partial charge is 0.225 e. The number of nitrogens with zero attached hydrogens (tertiary/aromatic N) is 4. The molecule has 1 aromatic rings. The molecule has 0 amide bonds. The largest absolute Gasteiger partial charge is 0.359 e. The Labute approximate surface area is 100 Å². The van der Waals surface area contributed by atoms with Crippen LogP contribution in [0.3, 0.4) is 0 Å². The van der Waals surface area contributed by atoms with Crippen LogP contribution in [0.4, 0.5) is 11.6 Å². The van der Waals surface area contributed by atoms with E-state index in [9.17, 15) is 8.42 Å². The Morgan fingerprint density at radius 1 is 1.47 bits per heavy atom. The van der Waals surface area contributed by atoms with Crippen molar-refractivity contribution < 1.29 is 8.42 Å². The Hall–Kier alpha value is -1.41. The summed E-state index contributed by atoms with van der Waals surface area (Å²) in [6.45, 7) is 0.869. The first-order chi connectivity index (χ1) is 7.88. The Morgan fingerprint density at radius 2 is 2.18 bits per heavy atom. The summed E-state index contributed by atoms with van der Waals surface area (Å²) in [6, 6.07) is 0. The predicted octanol–water partition coefficient (Wildman–Crippen LogP) is -0.631. The fourth-order valence-electron chi connectivity index (χ4n) is 1.91. The fourth-order valence-corrected chi connectivity index (χ4v) is 2.50. The van der Waals surface area contributed by atoms with E-state index >= 15 is 0 Å². The predicted molar refractivity (Wildman–Crippen MR) is 65.4 cm³/mol. The van der Waals surface area contributed by atoms with Crippen LogP contribution < -0.4 is 14.7 Å². The normalized spacial score (nSPS) is 14.9. The molecule has 1 aliphatic heterocycles. The van der Waals surface area contributed by atoms with Gasteiger partial charge in [0.05, 0.1) is 6.26 Å². The van der Waals surface area contributed by atoms with Crippen LogP contribution in [0.5, 0.6) is 0 Å². The Morgan fingerprint density at radius 3 is 2.82 bits per heavy atom. The van der Waals surface area contributed by atoms with Gasteiger partial charge in [-0.3, -0.25) is 5.01 Å². The average Bonchev–Trinajstić information content (AvgIpc) is 2.58. The maximum absolute atomic E-state index is 11.2. The number of nitrogens with one attached hydrogen (secondary N) is 1. The first-order valence-corrected chi connectivity index (χ1v) is 7.04. The average molecular weight is 257 g/mol. The Bertz CT molecular complexity index is 530. The van der Waals surface area contributed by atoms with E-state index in [1.807, 2.05) is 11.9 Å². The molecule has 0 bridgehead atoms. The molecular weight excluding hydrogens is 242 g/mol. The third-order valence-electron chi connectivity index (χ3n) is 2.58. The zero-order chi connectivity index (χ0) is 12.6. The van der Waals surface area contributed by atoms with Crippen molar-refractivity contribution in [1.29, 1.82) is 0 Å². The molecule has 8 heteroatoms. The van der Waals surface area contributed by atoms with Crippen LogP contribution in [-0.4, -0.2) is 45.3 Å². The highest BCUT2D eigenvalue weighted by Crippen LogP contribution is 2.29. The molecule has 0 fully saturated rings. The van der Waals surface area contributed by atoms with Gasteiger partial charge < -0.3 is 4.90 Å². The van der Waals surface area contributed by atoms with Gasteiger partial charge in [-0.2, -0.15) is 0 Å². The van der Waals surface area contributed by atoms with Crippen LogP contribution in [0.25, 0.3) is 0 Å². The van der Waals surface area contributed by atoms with Crippen molar-refractivity contribution in [3.63, 3.8) is 0 Å². The van der Waals surface area contributed by atoms with Crippen LogP contribution in [0.1, 0.15) is 5.56 Å². The van der Waals surface area contributed by atoms with Crippen molar-refractivity contribution in [1.82, 2.24) is 14.8 Å². The van der Waals surface area contributed by atoms with Gasteiger partial charge in [0.25, 0.3) is 0 Å². The van der Waals surface area contributed by atoms with E-state index in [2.05, 4.69) is 14.8 Å². The standard InChI is InChI=1S/C9H15N5O2S/c1-13-5-4-7-8(13)10-6-11-9(7)14(2)12-17(3,15)16/h6,12H,4-5H2,1-3H3. The van der Waals surface area contributed by atoms with Crippen LogP contribution in [-0.2, 0) is 16.4 Å². The van der Waals surface area contributed by atoms with E-state index in [1.165, 1.54) is 11.3 Å². The van der Waals surface area contributed by atoms with E-state index in [0.29, 0.717) is 5.82 Å². The molecule has 94 valence electrons. The third-order valence-corrected chi connectivity index (χ3v) is 3.18. The summed E-state index contributed by atoms with van der Waals surface area (Å²) >= 11 is 0. The summed E-state index contributed by atoms with van der Waals surface area (Å²) in [5.41, 5.74) is 0.966. The number of rotatable bonds is 3. The molecule has 2 rings (SSSR count). The number of hydrogen-bond acceptors (Lipinski definition) is 6. The number of fused-ring (bicyclic) bond motifs is 1. The van der Waals surface area contributed by atoms with Gasteiger partial charge in [-0.25, -0.2) is 18.4 Å². The Balaban J connectivity index is 2.34. The fraction of sp³-hybridized carbons (Fsp3) is 0.556. The summed E-state index contributed by atoms with van der Waals surface area (Å²) in [4.78, 5) is 12.7. The highest BCUT2D eigenvalue weighted by molar-refractivity contribution is 7.88. The zero-order valence-corrected chi connectivity index (χ0v) is 10.8. The molecule has 0 saturated carbocycles. The number of likely N-dealkylation sites (N-methyl/N-ethyl adjacent to an activating group) is 1. The van der Waals surface area contributed by atoms with E-state index in [0.717, 1.165) is 30.6 Å². The van der Waals surface area contributed by atoms with Gasteiger partial charge in [-0.15, -0.1) is 4.83 Å². The maximum atomic E-state index is 11.2. The van der Waals surface area contributed by atoms with Crippen LogP contribution in [0, 0.1) is 0 Å². The molecule has 1 aromatic heterocycles. The quantitative estimate of drug-likeness (QED) is 0.726. The van der Waals surface area contributed by atoms with Crippen molar-refractivity contribution in [2.75, 3.05) is 36.8 Å². The number of sulfonamides is 1. The van der Waals surface area contributed by atoms with Crippen LogP contribution in [0.15, 0.2) is 6.33 Å². The molecular formula is C9H15N5O2S. The van der Waals surface area contributed by atoms with Crippen molar-refractivity contribution in [2.45, 2.75) is 6.42 Å². The van der Waals surface area contributed by atoms with Gasteiger partial charge in [0.2, 0.25) is 10.0 Å². The highest BCUT2D eigenvalue weighted by Gasteiger charge is 2.23. The minimum absolute atomic E-state index is 0.602. The number of anilines is 2. The lowest BCUT2D eigenvalue weighted by molar-refractivity contribution is 0.586. The summed E-state index contributed by atoms with van der Waals surface area (Å²) in [7, 11) is 0.277. The van der Waals surface area contributed by atoms with Crippen LogP contribution >= 0.6 is 0 Å². The van der Waals surface area contributed by atoms with Crippen molar-refractivity contribution in [3.8, 4) is 0 Å². The van der Waals surface area contributed by atoms with Gasteiger partial charge in [0.1, 0.15) is 12.1 Å². The second kappa shape index (κ2) is 4.11. The molecule has 0 atom stereocenters. The second-order valence-electron chi connectivity index (χ2n) is 4.09. The molecule has 0 radical (unpaired) electrons. The number of hydrazine groups is 1. The molecule has 1 N–H and O–H groups in total. The first kappa shape index (κ1) is 12.1. The number of aromatic nitrogens is 2. The van der Waals surface area contributed by atoms with Crippen LogP contribution in [0.2, 0.25) is 0 Å². The lowest BCUT2D eigenvalue weighted by Gasteiger charge is -2.20. The topological polar surface area (TPSA) is 78.4 Å². The van der Waals surface area contributed by atoms with Crippen molar-refractivity contribution >= 4 is 21.7 Å². The minimum atomic E-state index is -3.30. The molecule has 0 aromatic carbocycles. The lowest BCUT2D eigenvalue weighted by atomic mass is 10.2. The summed E-state index contributed by atoms with van der Waals surface area (Å²) in [5, 5.41) is 1.41. The summed E-state index contributed by atoms with van der Waals surface area (Å²) in [5.74, 6) is 1.46. The molecule has 0 aliphatic carbocycles. The van der Waals surface area contributed by atoms with E-state index in [1.54, 1.807) is 7.05 Å². The van der Waals surface area contributed by atoms with E-state index < -0.39 is 10.0 Å². The van der Waals surface area contributed by atoms with Gasteiger partial charge in [0, 0.05) is 26.2 Å². The highest BCUT2D eigenvalue weighted by atomic mass is 32.2. The first-order valence-electron chi connectivity index (χ1n) is 5.14. The van der Waals surface area contributed by atoms with E-state index in [-0.39, 0.29) is 0 Å². The molecule has 17 heavy (non-hydrogen) atoms. The van der Waals surface area contributed by atoms with E-state index in [4.69, 9.17) is 0 Å². The summed E-state index contributed by atoms with van der Waals surface area (Å²) < 4.78 is 22.3. The van der Waals surface area contributed by atoms with Gasteiger partial charge in [-0.05, 0) is 6.42 Å². The zero-order valence-electron chi connectivity index (χ0n) is 10.0. The van der Waals surface area contributed by atoms with Gasteiger partial charge in [0.15, 0.2) is 5.82 Å². The summed E-state index contributed by atoms with van der Waals surface area (Å²) in [6.07, 6.45) is 3.37. The van der Waals surface area contributed by atoms with Crippen molar-refractivity contribution in [2.24, 2.45) is 0 Å². The second-order valence-corrected chi connectivity index (χ2v) is 5.82.